The maximum absolute atomic E-state index is 12.1. The number of hydrogen-bond donors (Lipinski definition) is 4. The van der Waals surface area contributed by atoms with Crippen LogP contribution in [0.5, 0.6) is 0 Å². The first-order valence-corrected chi connectivity index (χ1v) is 9.18. The lowest BCUT2D eigenvalue weighted by Gasteiger charge is -2.10. The Bertz CT molecular complexity index is 676. The fraction of sp³-hybridized carbons (Fsp3) is 0.375. The lowest BCUT2D eigenvalue weighted by Crippen LogP contribution is -2.33. The molecule has 0 spiro atoms. The van der Waals surface area contributed by atoms with Crippen molar-refractivity contribution in [3.63, 3.8) is 0 Å². The first-order valence-electron chi connectivity index (χ1n) is 5.25. The van der Waals surface area contributed by atoms with Gasteiger partial charge in [0.25, 0.3) is 0 Å². The highest BCUT2D eigenvalue weighted by Gasteiger charge is 2.20. The van der Waals surface area contributed by atoms with Crippen molar-refractivity contribution in [1.82, 2.24) is 14.4 Å². The summed E-state index contributed by atoms with van der Waals surface area (Å²) in [6, 6.07) is 1.30. The zero-order valence-corrected chi connectivity index (χ0v) is 13.6. The third kappa shape index (κ3) is 4.64. The molecule has 0 aromatic carbocycles. The van der Waals surface area contributed by atoms with E-state index in [1.54, 1.807) is 0 Å². The van der Waals surface area contributed by atoms with Gasteiger partial charge in [-0.2, -0.15) is 0 Å². The van der Waals surface area contributed by atoms with Crippen LogP contribution < -0.4 is 20.7 Å². The summed E-state index contributed by atoms with van der Waals surface area (Å²) in [4.78, 5) is 3.62. The Morgan fingerprint density at radius 3 is 2.55 bits per heavy atom. The van der Waals surface area contributed by atoms with Crippen molar-refractivity contribution in [3.05, 3.63) is 16.7 Å². The first kappa shape index (κ1) is 17.3. The average Bonchev–Trinajstić information content (AvgIpc) is 2.38. The predicted octanol–water partition coefficient (Wildman–Crippen LogP) is -1.04. The zero-order valence-electron chi connectivity index (χ0n) is 10.4. The molecule has 0 radical (unpaired) electrons. The lowest BCUT2D eigenvalue weighted by atomic mass is 10.5. The van der Waals surface area contributed by atoms with E-state index in [0.29, 0.717) is 4.47 Å². The molecule has 0 fully saturated rings. The molecule has 1 aromatic rings. The number of nitrogens with two attached hydrogens (primary N) is 1. The number of hydrazine groups is 1. The average molecular weight is 388 g/mol. The summed E-state index contributed by atoms with van der Waals surface area (Å²) < 4.78 is 51.2. The number of pyridine rings is 1. The summed E-state index contributed by atoms with van der Waals surface area (Å²) >= 11 is 3.10. The Morgan fingerprint density at radius 2 is 2.00 bits per heavy atom. The Hall–Kier alpha value is -0.790. The molecule has 0 aliphatic carbocycles. The normalized spacial score (nSPS) is 12.3. The largest absolute Gasteiger partial charge is 0.307 e. The molecule has 0 atom stereocenters. The van der Waals surface area contributed by atoms with E-state index in [0.717, 1.165) is 0 Å². The summed E-state index contributed by atoms with van der Waals surface area (Å²) in [6.07, 6.45) is 1.37. The van der Waals surface area contributed by atoms with E-state index >= 15 is 0 Å². The number of halogens is 1. The monoisotopic (exact) mass is 387 g/mol. The summed E-state index contributed by atoms with van der Waals surface area (Å²) in [7, 11) is -6.17. The molecule has 0 unspecified atom stereocenters. The molecule has 9 nitrogen and oxygen atoms in total. The van der Waals surface area contributed by atoms with Gasteiger partial charge in [0.15, 0.2) is 5.82 Å². The van der Waals surface area contributed by atoms with Crippen molar-refractivity contribution in [1.29, 1.82) is 0 Å². The molecule has 0 aliphatic rings. The molecule has 5 N–H and O–H groups in total. The Labute approximate surface area is 125 Å². The lowest BCUT2D eigenvalue weighted by molar-refractivity contribution is 0.578. The fourth-order valence-corrected chi connectivity index (χ4v) is 3.59. The summed E-state index contributed by atoms with van der Waals surface area (Å²) in [5.74, 6) is 4.77. The van der Waals surface area contributed by atoms with Crippen molar-refractivity contribution in [2.75, 3.05) is 24.8 Å². The van der Waals surface area contributed by atoms with Crippen molar-refractivity contribution in [3.8, 4) is 0 Å². The minimum absolute atomic E-state index is 0.0443. The van der Waals surface area contributed by atoms with E-state index in [2.05, 4.69) is 35.8 Å². The number of anilines is 1. The van der Waals surface area contributed by atoms with Gasteiger partial charge >= 0.3 is 0 Å². The molecule has 114 valence electrons. The van der Waals surface area contributed by atoms with Crippen LogP contribution in [-0.2, 0) is 20.0 Å². The molecule has 20 heavy (non-hydrogen) atoms. The number of nitrogen functional groups attached to an aromatic ring is 1. The zero-order chi connectivity index (χ0) is 15.4. The number of aromatic nitrogens is 1. The molecule has 1 aromatic heterocycles. The van der Waals surface area contributed by atoms with E-state index in [4.69, 9.17) is 5.84 Å². The molecule has 1 heterocycles. The van der Waals surface area contributed by atoms with Crippen molar-refractivity contribution in [2.24, 2.45) is 5.84 Å². The highest BCUT2D eigenvalue weighted by Crippen LogP contribution is 2.21. The van der Waals surface area contributed by atoms with E-state index in [1.165, 1.54) is 19.3 Å². The fourth-order valence-electron chi connectivity index (χ4n) is 1.22. The number of sulfonamides is 2. The van der Waals surface area contributed by atoms with Gasteiger partial charge in [0.05, 0.1) is 5.75 Å². The molecule has 0 bridgehead atoms. The van der Waals surface area contributed by atoms with Crippen LogP contribution in [0.1, 0.15) is 0 Å². The highest BCUT2D eigenvalue weighted by molar-refractivity contribution is 9.10. The number of nitrogens with zero attached hydrogens (tertiary/aromatic N) is 1. The van der Waals surface area contributed by atoms with Crippen molar-refractivity contribution in [2.45, 2.75) is 4.90 Å². The molecule has 0 amide bonds. The van der Waals surface area contributed by atoms with Crippen LogP contribution in [-0.4, -0.2) is 41.2 Å². The van der Waals surface area contributed by atoms with Gasteiger partial charge in [0, 0.05) is 17.2 Å². The number of hydrogen-bond acceptors (Lipinski definition) is 7. The number of nitrogens with one attached hydrogen (secondary N) is 3. The molecule has 0 aliphatic heterocycles. The van der Waals surface area contributed by atoms with Crippen LogP contribution >= 0.6 is 15.9 Å². The Balaban J connectivity index is 2.92. The van der Waals surface area contributed by atoms with E-state index in [9.17, 15) is 16.8 Å². The quantitative estimate of drug-likeness (QED) is 0.345. The molecular weight excluding hydrogens is 374 g/mol. The van der Waals surface area contributed by atoms with Crippen LogP contribution in [0.3, 0.4) is 0 Å². The van der Waals surface area contributed by atoms with Gasteiger partial charge in [-0.05, 0) is 29.0 Å². The van der Waals surface area contributed by atoms with Crippen molar-refractivity contribution < 1.29 is 16.8 Å². The molecule has 1 rings (SSSR count). The highest BCUT2D eigenvalue weighted by atomic mass is 79.9. The van der Waals surface area contributed by atoms with Gasteiger partial charge in [-0.25, -0.2) is 37.1 Å². The Kier molecular flexibility index (Phi) is 5.85. The standard InChI is InChI=1S/C8H14BrN5O4S2/c1-11-19(15,16)3-2-13-20(17,18)7-4-6(9)5-12-8(7)14-10/h4-5,11,13H,2-3,10H2,1H3,(H,12,14). The van der Waals surface area contributed by atoms with Crippen LogP contribution in [0.15, 0.2) is 21.6 Å². The first-order chi connectivity index (χ1) is 9.22. The molecule has 0 saturated carbocycles. The maximum Gasteiger partial charge on any atom is 0.244 e. The molecule has 0 saturated heterocycles. The Morgan fingerprint density at radius 1 is 1.35 bits per heavy atom. The van der Waals surface area contributed by atoms with E-state index in [-0.39, 0.29) is 23.0 Å². The summed E-state index contributed by atoms with van der Waals surface area (Å²) in [5.41, 5.74) is 2.17. The van der Waals surface area contributed by atoms with Crippen LogP contribution in [0.2, 0.25) is 0 Å². The molecular formula is C8H14BrN5O4S2. The predicted molar refractivity (Wildman–Crippen MR) is 77.8 cm³/mol. The topological polar surface area (TPSA) is 143 Å². The maximum atomic E-state index is 12.1. The number of rotatable bonds is 7. The van der Waals surface area contributed by atoms with Gasteiger partial charge in [0.2, 0.25) is 20.0 Å². The minimum atomic E-state index is -3.93. The summed E-state index contributed by atoms with van der Waals surface area (Å²) in [6.45, 7) is -0.276. The van der Waals surface area contributed by atoms with Gasteiger partial charge in [-0.1, -0.05) is 0 Å². The SMILES string of the molecule is CNS(=O)(=O)CCNS(=O)(=O)c1cc(Br)cnc1NN. The smallest absolute Gasteiger partial charge is 0.244 e. The van der Waals surface area contributed by atoms with Gasteiger partial charge in [0.1, 0.15) is 4.90 Å². The third-order valence-electron chi connectivity index (χ3n) is 2.22. The third-order valence-corrected chi connectivity index (χ3v) is 5.49. The van der Waals surface area contributed by atoms with Gasteiger partial charge in [-0.15, -0.1) is 0 Å². The van der Waals surface area contributed by atoms with E-state index in [1.807, 2.05) is 0 Å². The summed E-state index contributed by atoms with van der Waals surface area (Å²) in [5, 5.41) is 0. The van der Waals surface area contributed by atoms with Crippen molar-refractivity contribution >= 4 is 41.8 Å². The van der Waals surface area contributed by atoms with Crippen LogP contribution in [0.25, 0.3) is 0 Å². The van der Waals surface area contributed by atoms with Crippen LogP contribution in [0, 0.1) is 0 Å². The van der Waals surface area contributed by atoms with E-state index < -0.39 is 20.0 Å². The van der Waals surface area contributed by atoms with Gasteiger partial charge < -0.3 is 5.43 Å². The molecule has 12 heteroatoms. The van der Waals surface area contributed by atoms with Gasteiger partial charge in [-0.3, -0.25) is 0 Å². The minimum Gasteiger partial charge on any atom is -0.307 e. The second-order valence-corrected chi connectivity index (χ2v) is 8.26. The second-order valence-electron chi connectivity index (χ2n) is 3.57. The van der Waals surface area contributed by atoms with Crippen LogP contribution in [0.4, 0.5) is 5.82 Å². The second kappa shape index (κ2) is 6.78.